The lowest BCUT2D eigenvalue weighted by Crippen LogP contribution is -2.02. The fourth-order valence-electron chi connectivity index (χ4n) is 2.32. The van der Waals surface area contributed by atoms with Crippen molar-refractivity contribution >= 4 is 16.7 Å². The summed E-state index contributed by atoms with van der Waals surface area (Å²) >= 11 is 0. The van der Waals surface area contributed by atoms with E-state index in [0.29, 0.717) is 12.4 Å². The van der Waals surface area contributed by atoms with E-state index in [1.165, 1.54) is 13.2 Å². The van der Waals surface area contributed by atoms with Crippen molar-refractivity contribution in [2.75, 3.05) is 7.11 Å². The maximum absolute atomic E-state index is 11.7. The number of aromatic hydroxyl groups is 1. The van der Waals surface area contributed by atoms with Crippen molar-refractivity contribution in [1.29, 1.82) is 0 Å². The SMILES string of the molecule is COC(=O)c1cc2cccc(OCc3ccncc3)c2cc1O. The predicted octanol–water partition coefficient (Wildman–Crippen LogP) is 3.31. The monoisotopic (exact) mass is 309 g/mol. The van der Waals surface area contributed by atoms with Crippen molar-refractivity contribution in [3.63, 3.8) is 0 Å². The van der Waals surface area contributed by atoms with E-state index in [1.807, 2.05) is 30.3 Å². The van der Waals surface area contributed by atoms with E-state index in [0.717, 1.165) is 16.3 Å². The third-order valence-electron chi connectivity index (χ3n) is 3.51. The van der Waals surface area contributed by atoms with Crippen LogP contribution in [0.25, 0.3) is 10.8 Å². The fourth-order valence-corrected chi connectivity index (χ4v) is 2.32. The molecule has 1 heterocycles. The van der Waals surface area contributed by atoms with Crippen LogP contribution in [-0.4, -0.2) is 23.2 Å². The molecule has 5 heteroatoms. The van der Waals surface area contributed by atoms with Crippen LogP contribution < -0.4 is 4.74 Å². The summed E-state index contributed by atoms with van der Waals surface area (Å²) in [4.78, 5) is 15.6. The molecule has 0 aliphatic rings. The molecule has 23 heavy (non-hydrogen) atoms. The topological polar surface area (TPSA) is 68.7 Å². The number of esters is 1. The minimum atomic E-state index is -0.576. The maximum atomic E-state index is 11.7. The molecule has 0 aliphatic heterocycles. The first-order chi connectivity index (χ1) is 11.2. The first kappa shape index (κ1) is 14.8. The molecule has 3 aromatic rings. The molecule has 0 bridgehead atoms. The Morgan fingerprint density at radius 2 is 1.96 bits per heavy atom. The Labute approximate surface area is 133 Å². The molecule has 5 nitrogen and oxygen atoms in total. The van der Waals surface area contributed by atoms with Crippen molar-refractivity contribution < 1.29 is 19.4 Å². The highest BCUT2D eigenvalue weighted by molar-refractivity contribution is 6.00. The molecule has 0 amide bonds. The average Bonchev–Trinajstić information content (AvgIpc) is 2.59. The smallest absolute Gasteiger partial charge is 0.341 e. The van der Waals surface area contributed by atoms with Gasteiger partial charge in [0.1, 0.15) is 23.7 Å². The number of fused-ring (bicyclic) bond motifs is 1. The third kappa shape index (κ3) is 3.08. The van der Waals surface area contributed by atoms with Crippen LogP contribution >= 0.6 is 0 Å². The predicted molar refractivity (Wildman–Crippen MR) is 85.5 cm³/mol. The van der Waals surface area contributed by atoms with Crippen LogP contribution in [0.2, 0.25) is 0 Å². The number of hydrogen-bond donors (Lipinski definition) is 1. The van der Waals surface area contributed by atoms with Crippen LogP contribution in [0.5, 0.6) is 11.5 Å². The number of carbonyl (C=O) groups excluding carboxylic acids is 1. The third-order valence-corrected chi connectivity index (χ3v) is 3.51. The number of pyridine rings is 1. The van der Waals surface area contributed by atoms with Crippen molar-refractivity contribution in [2.45, 2.75) is 6.61 Å². The molecule has 0 saturated heterocycles. The Morgan fingerprint density at radius 3 is 2.70 bits per heavy atom. The number of rotatable bonds is 4. The normalized spacial score (nSPS) is 10.5. The summed E-state index contributed by atoms with van der Waals surface area (Å²) < 4.78 is 10.5. The minimum absolute atomic E-state index is 0.131. The van der Waals surface area contributed by atoms with Gasteiger partial charge in [-0.15, -0.1) is 0 Å². The number of phenols is 1. The average molecular weight is 309 g/mol. The molecule has 1 N–H and O–H groups in total. The Morgan fingerprint density at radius 1 is 1.17 bits per heavy atom. The summed E-state index contributed by atoms with van der Waals surface area (Å²) in [6.07, 6.45) is 3.41. The lowest BCUT2D eigenvalue weighted by atomic mass is 10.0. The first-order valence-electron chi connectivity index (χ1n) is 7.05. The highest BCUT2D eigenvalue weighted by Crippen LogP contribution is 2.32. The van der Waals surface area contributed by atoms with Crippen molar-refractivity contribution in [3.05, 3.63) is 66.0 Å². The second kappa shape index (κ2) is 6.36. The molecular formula is C18H15NO4. The van der Waals surface area contributed by atoms with Gasteiger partial charge >= 0.3 is 5.97 Å². The largest absolute Gasteiger partial charge is 0.507 e. The molecule has 0 saturated carbocycles. The number of nitrogens with zero attached hydrogens (tertiary/aromatic N) is 1. The zero-order chi connectivity index (χ0) is 16.2. The van der Waals surface area contributed by atoms with E-state index in [4.69, 9.17) is 4.74 Å². The lowest BCUT2D eigenvalue weighted by Gasteiger charge is -2.11. The van der Waals surface area contributed by atoms with Crippen LogP contribution in [0.15, 0.2) is 54.9 Å². The molecular weight excluding hydrogens is 294 g/mol. The number of phenolic OH excluding ortho intramolecular Hbond substituents is 1. The summed E-state index contributed by atoms with van der Waals surface area (Å²) in [5.41, 5.74) is 1.12. The highest BCUT2D eigenvalue weighted by atomic mass is 16.5. The first-order valence-corrected chi connectivity index (χ1v) is 7.05. The molecule has 0 aliphatic carbocycles. The number of aromatic nitrogens is 1. The number of hydrogen-bond acceptors (Lipinski definition) is 5. The van der Waals surface area contributed by atoms with E-state index in [2.05, 4.69) is 9.72 Å². The van der Waals surface area contributed by atoms with E-state index < -0.39 is 5.97 Å². The van der Waals surface area contributed by atoms with E-state index >= 15 is 0 Å². The molecule has 2 aromatic carbocycles. The van der Waals surface area contributed by atoms with Gasteiger partial charge in [-0.05, 0) is 41.3 Å². The Bertz CT molecular complexity index is 846. The number of methoxy groups -OCH3 is 1. The van der Waals surface area contributed by atoms with E-state index in [-0.39, 0.29) is 11.3 Å². The van der Waals surface area contributed by atoms with Crippen LogP contribution in [0, 0.1) is 0 Å². The molecule has 0 radical (unpaired) electrons. The van der Waals surface area contributed by atoms with E-state index in [1.54, 1.807) is 18.5 Å². The number of ether oxygens (including phenoxy) is 2. The number of benzene rings is 2. The minimum Gasteiger partial charge on any atom is -0.507 e. The Kier molecular flexibility index (Phi) is 4.10. The van der Waals surface area contributed by atoms with Gasteiger partial charge in [0.15, 0.2) is 0 Å². The van der Waals surface area contributed by atoms with Gasteiger partial charge in [-0.3, -0.25) is 4.98 Å². The van der Waals surface area contributed by atoms with Crippen LogP contribution in [0.1, 0.15) is 15.9 Å². The van der Waals surface area contributed by atoms with Crippen LogP contribution in [-0.2, 0) is 11.3 Å². The van der Waals surface area contributed by atoms with Gasteiger partial charge in [0, 0.05) is 17.8 Å². The van der Waals surface area contributed by atoms with Gasteiger partial charge in [0.2, 0.25) is 0 Å². The standard InChI is InChI=1S/C18H15NO4/c1-22-18(21)15-9-13-3-2-4-17(14(13)10-16(15)20)23-11-12-5-7-19-8-6-12/h2-10,20H,11H2,1H3. The molecule has 0 spiro atoms. The molecule has 116 valence electrons. The zero-order valence-electron chi connectivity index (χ0n) is 12.5. The highest BCUT2D eigenvalue weighted by Gasteiger charge is 2.14. The van der Waals surface area contributed by atoms with Gasteiger partial charge in [0.05, 0.1) is 7.11 Å². The lowest BCUT2D eigenvalue weighted by molar-refractivity contribution is 0.0597. The van der Waals surface area contributed by atoms with Gasteiger partial charge < -0.3 is 14.6 Å². The second-order valence-electron chi connectivity index (χ2n) is 4.98. The van der Waals surface area contributed by atoms with Gasteiger partial charge in [-0.2, -0.15) is 0 Å². The quantitative estimate of drug-likeness (QED) is 0.749. The van der Waals surface area contributed by atoms with Gasteiger partial charge in [-0.25, -0.2) is 4.79 Å². The molecule has 0 atom stereocenters. The second-order valence-corrected chi connectivity index (χ2v) is 4.98. The van der Waals surface area contributed by atoms with Crippen molar-refractivity contribution in [1.82, 2.24) is 4.98 Å². The zero-order valence-corrected chi connectivity index (χ0v) is 12.5. The summed E-state index contributed by atoms with van der Waals surface area (Å²) in [6, 6.07) is 12.4. The van der Waals surface area contributed by atoms with Crippen molar-refractivity contribution in [3.8, 4) is 11.5 Å². The molecule has 0 unspecified atom stereocenters. The van der Waals surface area contributed by atoms with Crippen LogP contribution in [0.4, 0.5) is 0 Å². The summed E-state index contributed by atoms with van der Waals surface area (Å²) in [6.45, 7) is 0.390. The summed E-state index contributed by atoms with van der Waals surface area (Å²) in [7, 11) is 1.28. The van der Waals surface area contributed by atoms with Gasteiger partial charge in [-0.1, -0.05) is 12.1 Å². The summed E-state index contributed by atoms with van der Waals surface area (Å²) in [5.74, 6) is -0.0807. The Balaban J connectivity index is 1.95. The maximum Gasteiger partial charge on any atom is 0.341 e. The molecule has 3 rings (SSSR count). The van der Waals surface area contributed by atoms with E-state index in [9.17, 15) is 9.90 Å². The van der Waals surface area contributed by atoms with Crippen LogP contribution in [0.3, 0.4) is 0 Å². The number of carbonyl (C=O) groups is 1. The summed E-state index contributed by atoms with van der Waals surface area (Å²) in [5, 5.41) is 11.6. The Hall–Kier alpha value is -3.08. The fraction of sp³-hybridized carbons (Fsp3) is 0.111. The van der Waals surface area contributed by atoms with Gasteiger partial charge in [0.25, 0.3) is 0 Å². The van der Waals surface area contributed by atoms with Crippen molar-refractivity contribution in [2.24, 2.45) is 0 Å². The molecule has 0 fully saturated rings. The molecule has 1 aromatic heterocycles.